The van der Waals surface area contributed by atoms with Crippen LogP contribution < -0.4 is 10.5 Å². The molecule has 82 valence electrons. The van der Waals surface area contributed by atoms with Crippen LogP contribution in [-0.2, 0) is 6.42 Å². The molecule has 1 aliphatic rings. The molecule has 0 spiro atoms. The summed E-state index contributed by atoms with van der Waals surface area (Å²) in [5, 5.41) is 0. The standard InChI is InChI=1S/C12H18N2O/c1-9(13)6-11-4-5-12(7-14-11)15-8-10-2-3-10/h4-5,7,9-10H,2-3,6,8,13H2,1H3. The molecule has 3 nitrogen and oxygen atoms in total. The highest BCUT2D eigenvalue weighted by Crippen LogP contribution is 2.29. The Balaban J connectivity index is 1.85. The van der Waals surface area contributed by atoms with E-state index < -0.39 is 0 Å². The molecule has 1 atom stereocenters. The van der Waals surface area contributed by atoms with E-state index in [0.29, 0.717) is 0 Å². The van der Waals surface area contributed by atoms with Gasteiger partial charge in [-0.05, 0) is 37.8 Å². The summed E-state index contributed by atoms with van der Waals surface area (Å²) in [7, 11) is 0. The van der Waals surface area contributed by atoms with Crippen molar-refractivity contribution in [3.8, 4) is 5.75 Å². The first-order valence-electron chi connectivity index (χ1n) is 5.57. The fourth-order valence-corrected chi connectivity index (χ4v) is 1.45. The molecule has 1 aromatic rings. The van der Waals surface area contributed by atoms with Crippen LogP contribution >= 0.6 is 0 Å². The van der Waals surface area contributed by atoms with Gasteiger partial charge in [-0.3, -0.25) is 4.98 Å². The van der Waals surface area contributed by atoms with Gasteiger partial charge in [0.2, 0.25) is 0 Å². The Kier molecular flexibility index (Phi) is 3.21. The Bertz CT molecular complexity index is 304. The second kappa shape index (κ2) is 4.62. The van der Waals surface area contributed by atoms with Gasteiger partial charge in [-0.2, -0.15) is 0 Å². The molecular weight excluding hydrogens is 188 g/mol. The van der Waals surface area contributed by atoms with Crippen LogP contribution in [0.1, 0.15) is 25.5 Å². The smallest absolute Gasteiger partial charge is 0.137 e. The maximum absolute atomic E-state index is 5.70. The van der Waals surface area contributed by atoms with Crippen LogP contribution in [-0.4, -0.2) is 17.6 Å². The first-order chi connectivity index (χ1) is 7.24. The summed E-state index contributed by atoms with van der Waals surface area (Å²) >= 11 is 0. The van der Waals surface area contributed by atoms with Gasteiger partial charge in [-0.15, -0.1) is 0 Å². The average molecular weight is 206 g/mol. The summed E-state index contributed by atoms with van der Waals surface area (Å²) in [4.78, 5) is 4.31. The molecular formula is C12H18N2O. The third kappa shape index (κ3) is 3.51. The number of aromatic nitrogens is 1. The van der Waals surface area contributed by atoms with E-state index in [4.69, 9.17) is 10.5 Å². The fraction of sp³-hybridized carbons (Fsp3) is 0.583. The van der Waals surface area contributed by atoms with Crippen LogP contribution in [0.3, 0.4) is 0 Å². The third-order valence-electron chi connectivity index (χ3n) is 2.51. The van der Waals surface area contributed by atoms with Crippen LogP contribution in [0.15, 0.2) is 18.3 Å². The maximum atomic E-state index is 5.70. The van der Waals surface area contributed by atoms with E-state index in [2.05, 4.69) is 4.98 Å². The quantitative estimate of drug-likeness (QED) is 0.798. The van der Waals surface area contributed by atoms with Crippen molar-refractivity contribution >= 4 is 0 Å². The van der Waals surface area contributed by atoms with E-state index in [-0.39, 0.29) is 6.04 Å². The lowest BCUT2D eigenvalue weighted by Gasteiger charge is -2.07. The van der Waals surface area contributed by atoms with Gasteiger partial charge in [-0.25, -0.2) is 0 Å². The SMILES string of the molecule is CC(N)Cc1ccc(OCC2CC2)cn1. The van der Waals surface area contributed by atoms with Gasteiger partial charge in [0.05, 0.1) is 12.8 Å². The van der Waals surface area contributed by atoms with Crippen molar-refractivity contribution < 1.29 is 4.74 Å². The van der Waals surface area contributed by atoms with Crippen LogP contribution in [0, 0.1) is 5.92 Å². The van der Waals surface area contributed by atoms with Gasteiger partial charge < -0.3 is 10.5 Å². The molecule has 0 saturated heterocycles. The van der Waals surface area contributed by atoms with Crippen molar-refractivity contribution in [2.24, 2.45) is 11.7 Å². The molecule has 0 aromatic carbocycles. The summed E-state index contributed by atoms with van der Waals surface area (Å²) in [6.45, 7) is 2.83. The predicted octanol–water partition coefficient (Wildman–Crippen LogP) is 1.76. The second-order valence-electron chi connectivity index (χ2n) is 4.42. The molecule has 1 saturated carbocycles. The maximum Gasteiger partial charge on any atom is 0.137 e. The molecule has 0 aliphatic heterocycles. The Labute approximate surface area is 90.7 Å². The van der Waals surface area contributed by atoms with Crippen molar-refractivity contribution in [3.63, 3.8) is 0 Å². The molecule has 1 aromatic heterocycles. The highest BCUT2D eigenvalue weighted by Gasteiger charge is 2.21. The molecule has 1 heterocycles. The lowest BCUT2D eigenvalue weighted by molar-refractivity contribution is 0.298. The number of rotatable bonds is 5. The van der Waals surface area contributed by atoms with Gasteiger partial charge in [0.25, 0.3) is 0 Å². The van der Waals surface area contributed by atoms with Crippen molar-refractivity contribution in [1.82, 2.24) is 4.98 Å². The van der Waals surface area contributed by atoms with Crippen molar-refractivity contribution in [2.75, 3.05) is 6.61 Å². The Hall–Kier alpha value is -1.09. The lowest BCUT2D eigenvalue weighted by Crippen LogP contribution is -2.18. The Morgan fingerprint density at radius 1 is 1.53 bits per heavy atom. The van der Waals surface area contributed by atoms with Crippen LogP contribution in [0.2, 0.25) is 0 Å². The average Bonchev–Trinajstić information content (AvgIpc) is 2.99. The molecule has 0 amide bonds. The Morgan fingerprint density at radius 2 is 2.33 bits per heavy atom. The number of nitrogens with zero attached hydrogens (tertiary/aromatic N) is 1. The summed E-state index contributed by atoms with van der Waals surface area (Å²) in [5.74, 6) is 1.66. The second-order valence-corrected chi connectivity index (χ2v) is 4.42. The number of hydrogen-bond donors (Lipinski definition) is 1. The monoisotopic (exact) mass is 206 g/mol. The normalized spacial score (nSPS) is 17.5. The molecule has 15 heavy (non-hydrogen) atoms. The third-order valence-corrected chi connectivity index (χ3v) is 2.51. The van der Waals surface area contributed by atoms with Gasteiger partial charge in [0.15, 0.2) is 0 Å². The minimum absolute atomic E-state index is 0.163. The van der Waals surface area contributed by atoms with Crippen molar-refractivity contribution in [1.29, 1.82) is 0 Å². The van der Waals surface area contributed by atoms with Gasteiger partial charge in [0, 0.05) is 18.2 Å². The molecule has 2 N–H and O–H groups in total. The van der Waals surface area contributed by atoms with E-state index in [0.717, 1.165) is 30.4 Å². The molecule has 3 heteroatoms. The van der Waals surface area contributed by atoms with Crippen LogP contribution in [0.5, 0.6) is 5.75 Å². The minimum Gasteiger partial charge on any atom is -0.492 e. The van der Waals surface area contributed by atoms with E-state index in [1.54, 1.807) is 6.20 Å². The van der Waals surface area contributed by atoms with Gasteiger partial charge >= 0.3 is 0 Å². The lowest BCUT2D eigenvalue weighted by atomic mass is 10.2. The molecule has 1 unspecified atom stereocenters. The summed E-state index contributed by atoms with van der Waals surface area (Å²) in [5.41, 5.74) is 6.73. The first kappa shape index (κ1) is 10.4. The molecule has 0 radical (unpaired) electrons. The van der Waals surface area contributed by atoms with Crippen molar-refractivity contribution in [3.05, 3.63) is 24.0 Å². The number of hydrogen-bond acceptors (Lipinski definition) is 3. The van der Waals surface area contributed by atoms with E-state index in [1.807, 2.05) is 19.1 Å². The largest absolute Gasteiger partial charge is 0.492 e. The van der Waals surface area contributed by atoms with Gasteiger partial charge in [0.1, 0.15) is 5.75 Å². The van der Waals surface area contributed by atoms with E-state index in [1.165, 1.54) is 12.8 Å². The zero-order valence-electron chi connectivity index (χ0n) is 9.15. The number of ether oxygens (including phenoxy) is 1. The Morgan fingerprint density at radius 3 is 2.87 bits per heavy atom. The molecule has 2 rings (SSSR count). The van der Waals surface area contributed by atoms with Crippen LogP contribution in [0.4, 0.5) is 0 Å². The zero-order chi connectivity index (χ0) is 10.7. The molecule has 0 bridgehead atoms. The molecule has 1 fully saturated rings. The number of pyridine rings is 1. The molecule has 1 aliphatic carbocycles. The van der Waals surface area contributed by atoms with E-state index >= 15 is 0 Å². The highest BCUT2D eigenvalue weighted by molar-refractivity contribution is 5.20. The summed E-state index contributed by atoms with van der Waals surface area (Å²) in [6, 6.07) is 4.13. The topological polar surface area (TPSA) is 48.1 Å². The minimum atomic E-state index is 0.163. The van der Waals surface area contributed by atoms with E-state index in [9.17, 15) is 0 Å². The van der Waals surface area contributed by atoms with Crippen LogP contribution in [0.25, 0.3) is 0 Å². The number of nitrogens with two attached hydrogens (primary N) is 1. The van der Waals surface area contributed by atoms with Crippen molar-refractivity contribution in [2.45, 2.75) is 32.2 Å². The summed E-state index contributed by atoms with van der Waals surface area (Å²) < 4.78 is 5.60. The predicted molar refractivity (Wildman–Crippen MR) is 59.8 cm³/mol. The zero-order valence-corrected chi connectivity index (χ0v) is 9.15. The highest BCUT2D eigenvalue weighted by atomic mass is 16.5. The first-order valence-corrected chi connectivity index (χ1v) is 5.57. The fourth-order valence-electron chi connectivity index (χ4n) is 1.45. The van der Waals surface area contributed by atoms with Gasteiger partial charge in [-0.1, -0.05) is 0 Å². The summed E-state index contributed by atoms with van der Waals surface area (Å²) in [6.07, 6.45) is 5.25.